The number of nitrogens with zero attached hydrogens (tertiary/aromatic N) is 1. The van der Waals surface area contributed by atoms with Crippen molar-refractivity contribution in [1.29, 1.82) is 0 Å². The van der Waals surface area contributed by atoms with Crippen molar-refractivity contribution >= 4 is 0 Å². The smallest absolute Gasteiger partial charge is 0.0233 e. The first-order valence-electron chi connectivity index (χ1n) is 7.20. The first-order chi connectivity index (χ1) is 8.83. The summed E-state index contributed by atoms with van der Waals surface area (Å²) in [5.41, 5.74) is 1.39. The summed E-state index contributed by atoms with van der Waals surface area (Å²) in [4.78, 5) is 2.35. The summed E-state index contributed by atoms with van der Waals surface area (Å²) in [6.45, 7) is 4.33. The zero-order chi connectivity index (χ0) is 13.1. The van der Waals surface area contributed by atoms with Gasteiger partial charge in [-0.15, -0.1) is 0 Å². The Hall–Kier alpha value is -1.08. The maximum absolute atomic E-state index is 2.35. The van der Waals surface area contributed by atoms with Crippen LogP contribution in [0.5, 0.6) is 0 Å². The molecule has 0 unspecified atom stereocenters. The van der Waals surface area contributed by atoms with E-state index in [0.717, 1.165) is 13.1 Å². The number of hydrogen-bond acceptors (Lipinski definition) is 1. The lowest BCUT2D eigenvalue weighted by atomic mass is 10.1. The molecule has 0 saturated carbocycles. The van der Waals surface area contributed by atoms with Gasteiger partial charge in [-0.3, -0.25) is 4.90 Å². The molecule has 0 radical (unpaired) electrons. The highest BCUT2D eigenvalue weighted by atomic mass is 15.1. The van der Waals surface area contributed by atoms with E-state index in [-0.39, 0.29) is 0 Å². The van der Waals surface area contributed by atoms with Crippen LogP contribution in [-0.2, 0) is 6.54 Å². The van der Waals surface area contributed by atoms with Crippen molar-refractivity contribution in [2.75, 3.05) is 13.6 Å². The van der Waals surface area contributed by atoms with Gasteiger partial charge in [-0.25, -0.2) is 0 Å². The molecular weight excluding hydrogens is 218 g/mol. The van der Waals surface area contributed by atoms with Crippen molar-refractivity contribution in [3.8, 4) is 0 Å². The molecule has 1 aromatic rings. The van der Waals surface area contributed by atoms with Crippen LogP contribution in [0.15, 0.2) is 42.5 Å². The van der Waals surface area contributed by atoms with Crippen LogP contribution in [0.3, 0.4) is 0 Å². The van der Waals surface area contributed by atoms with E-state index in [1.165, 1.54) is 37.7 Å². The Kier molecular flexibility index (Phi) is 8.24. The van der Waals surface area contributed by atoms with E-state index in [0.29, 0.717) is 0 Å². The predicted octanol–water partition coefficient (Wildman–Crippen LogP) is 4.65. The molecular formula is C17H27N. The number of allylic oxidation sites excluding steroid dienone is 1. The summed E-state index contributed by atoms with van der Waals surface area (Å²) < 4.78 is 0. The average molecular weight is 245 g/mol. The topological polar surface area (TPSA) is 3.24 Å². The number of likely N-dealkylation sites (N-methyl/N-ethyl adjacent to an activating group) is 1. The third kappa shape index (κ3) is 7.29. The van der Waals surface area contributed by atoms with Crippen LogP contribution in [0, 0.1) is 0 Å². The quantitative estimate of drug-likeness (QED) is 0.452. The normalized spacial score (nSPS) is 11.5. The fraction of sp³-hybridized carbons (Fsp3) is 0.529. The fourth-order valence-electron chi connectivity index (χ4n) is 2.02. The highest BCUT2D eigenvalue weighted by molar-refractivity contribution is 5.14. The van der Waals surface area contributed by atoms with E-state index in [1.807, 2.05) is 0 Å². The predicted molar refractivity (Wildman–Crippen MR) is 80.7 cm³/mol. The Bertz CT molecular complexity index is 316. The van der Waals surface area contributed by atoms with Crippen LogP contribution in [0.25, 0.3) is 0 Å². The van der Waals surface area contributed by atoms with E-state index < -0.39 is 0 Å². The second-order valence-electron chi connectivity index (χ2n) is 5.00. The van der Waals surface area contributed by atoms with Crippen molar-refractivity contribution in [3.05, 3.63) is 48.0 Å². The lowest BCUT2D eigenvalue weighted by molar-refractivity contribution is 0.363. The summed E-state index contributed by atoms with van der Waals surface area (Å²) in [6, 6.07) is 10.6. The van der Waals surface area contributed by atoms with Gasteiger partial charge >= 0.3 is 0 Å². The zero-order valence-corrected chi connectivity index (χ0v) is 11.9. The molecule has 1 nitrogen and oxygen atoms in total. The summed E-state index contributed by atoms with van der Waals surface area (Å²) in [6.07, 6.45) is 11.3. The largest absolute Gasteiger partial charge is 0.298 e. The third-order valence-electron chi connectivity index (χ3n) is 3.10. The highest BCUT2D eigenvalue weighted by Crippen LogP contribution is 2.04. The maximum Gasteiger partial charge on any atom is 0.0233 e. The molecule has 0 aliphatic carbocycles. The van der Waals surface area contributed by atoms with Gasteiger partial charge in [0.25, 0.3) is 0 Å². The first-order valence-corrected chi connectivity index (χ1v) is 7.20. The molecule has 0 amide bonds. The molecule has 1 aromatic carbocycles. The van der Waals surface area contributed by atoms with Gasteiger partial charge in [-0.05, 0) is 25.5 Å². The minimum atomic E-state index is 1.03. The minimum Gasteiger partial charge on any atom is -0.298 e. The SMILES string of the molecule is CCCCCC/C=C\CN(C)Cc1ccccc1. The highest BCUT2D eigenvalue weighted by Gasteiger charge is 1.96. The Balaban J connectivity index is 2.09. The summed E-state index contributed by atoms with van der Waals surface area (Å²) in [5, 5.41) is 0. The Morgan fingerprint density at radius 1 is 1.00 bits per heavy atom. The molecule has 0 atom stereocenters. The molecule has 0 aliphatic heterocycles. The molecule has 0 fully saturated rings. The third-order valence-corrected chi connectivity index (χ3v) is 3.10. The van der Waals surface area contributed by atoms with Gasteiger partial charge in [0.2, 0.25) is 0 Å². The minimum absolute atomic E-state index is 1.03. The molecule has 18 heavy (non-hydrogen) atoms. The number of unbranched alkanes of at least 4 members (excludes halogenated alkanes) is 4. The van der Waals surface area contributed by atoms with Crippen LogP contribution in [0.4, 0.5) is 0 Å². The molecule has 0 spiro atoms. The van der Waals surface area contributed by atoms with Gasteiger partial charge in [0, 0.05) is 13.1 Å². The standard InChI is InChI=1S/C17H27N/c1-3-4-5-6-7-8-12-15-18(2)16-17-13-10-9-11-14-17/h8-14H,3-7,15-16H2,1-2H3/b12-8-. The Labute approximate surface area is 113 Å². The molecule has 0 aromatic heterocycles. The monoisotopic (exact) mass is 245 g/mol. The summed E-state index contributed by atoms with van der Waals surface area (Å²) in [5.74, 6) is 0. The number of hydrogen-bond donors (Lipinski definition) is 0. The van der Waals surface area contributed by atoms with Crippen molar-refractivity contribution in [1.82, 2.24) is 4.90 Å². The Morgan fingerprint density at radius 3 is 2.50 bits per heavy atom. The molecule has 0 N–H and O–H groups in total. The van der Waals surface area contributed by atoms with E-state index in [9.17, 15) is 0 Å². The van der Waals surface area contributed by atoms with E-state index >= 15 is 0 Å². The van der Waals surface area contributed by atoms with Crippen LogP contribution in [0.1, 0.15) is 44.6 Å². The molecule has 0 bridgehead atoms. The van der Waals surface area contributed by atoms with Crippen molar-refractivity contribution in [2.45, 2.75) is 45.6 Å². The van der Waals surface area contributed by atoms with Crippen molar-refractivity contribution in [2.24, 2.45) is 0 Å². The maximum atomic E-state index is 2.35. The van der Waals surface area contributed by atoms with E-state index in [1.54, 1.807) is 0 Å². The number of rotatable bonds is 9. The van der Waals surface area contributed by atoms with E-state index in [2.05, 4.69) is 61.4 Å². The second-order valence-corrected chi connectivity index (χ2v) is 5.00. The van der Waals surface area contributed by atoms with Crippen LogP contribution < -0.4 is 0 Å². The van der Waals surface area contributed by atoms with E-state index in [4.69, 9.17) is 0 Å². The van der Waals surface area contributed by atoms with Gasteiger partial charge in [0.15, 0.2) is 0 Å². The average Bonchev–Trinajstić information content (AvgIpc) is 2.39. The Morgan fingerprint density at radius 2 is 1.78 bits per heavy atom. The van der Waals surface area contributed by atoms with Crippen molar-refractivity contribution in [3.63, 3.8) is 0 Å². The molecule has 0 saturated heterocycles. The number of benzene rings is 1. The zero-order valence-electron chi connectivity index (χ0n) is 11.9. The molecule has 0 heterocycles. The van der Waals surface area contributed by atoms with Crippen LogP contribution >= 0.6 is 0 Å². The van der Waals surface area contributed by atoms with Crippen LogP contribution in [-0.4, -0.2) is 18.5 Å². The van der Waals surface area contributed by atoms with Crippen LogP contribution in [0.2, 0.25) is 0 Å². The van der Waals surface area contributed by atoms with Gasteiger partial charge in [-0.2, -0.15) is 0 Å². The summed E-state index contributed by atoms with van der Waals surface area (Å²) >= 11 is 0. The van der Waals surface area contributed by atoms with Gasteiger partial charge < -0.3 is 0 Å². The molecule has 0 aliphatic rings. The van der Waals surface area contributed by atoms with Crippen molar-refractivity contribution < 1.29 is 0 Å². The lowest BCUT2D eigenvalue weighted by Crippen LogP contribution is -2.17. The second kappa shape index (κ2) is 9.90. The molecule has 1 rings (SSSR count). The first kappa shape index (κ1) is 15.0. The van der Waals surface area contributed by atoms with Gasteiger partial charge in [-0.1, -0.05) is 68.7 Å². The lowest BCUT2D eigenvalue weighted by Gasteiger charge is -2.14. The van der Waals surface area contributed by atoms with Gasteiger partial charge in [0.05, 0.1) is 0 Å². The molecule has 1 heteroatoms. The molecule has 100 valence electrons. The fourth-order valence-corrected chi connectivity index (χ4v) is 2.02. The van der Waals surface area contributed by atoms with Gasteiger partial charge in [0.1, 0.15) is 0 Å². The summed E-state index contributed by atoms with van der Waals surface area (Å²) in [7, 11) is 2.18.